The van der Waals surface area contributed by atoms with Gasteiger partial charge in [0.2, 0.25) is 5.95 Å². The number of piperazine rings is 1. The predicted octanol–water partition coefficient (Wildman–Crippen LogP) is 3.06. The lowest BCUT2D eigenvalue weighted by Gasteiger charge is -2.36. The molecule has 2 N–H and O–H groups in total. The Morgan fingerprint density at radius 1 is 0.935 bits per heavy atom. The lowest BCUT2D eigenvalue weighted by molar-refractivity contribution is 0.0697. The third-order valence-corrected chi connectivity index (χ3v) is 5.25. The van der Waals surface area contributed by atoms with E-state index in [1.807, 2.05) is 24.0 Å². The summed E-state index contributed by atoms with van der Waals surface area (Å²) in [6.45, 7) is 4.62. The van der Waals surface area contributed by atoms with Crippen molar-refractivity contribution in [3.8, 4) is 0 Å². The van der Waals surface area contributed by atoms with Crippen LogP contribution >= 0.6 is 0 Å². The van der Waals surface area contributed by atoms with Crippen LogP contribution in [0.1, 0.15) is 26.3 Å². The molecule has 0 bridgehead atoms. The second-order valence-corrected chi connectivity index (χ2v) is 7.38. The van der Waals surface area contributed by atoms with Gasteiger partial charge in [0.25, 0.3) is 5.91 Å². The maximum atomic E-state index is 12.5. The molecule has 2 aromatic carbocycles. The van der Waals surface area contributed by atoms with E-state index in [1.165, 1.54) is 6.07 Å². The molecule has 1 aliphatic heterocycles. The molecule has 0 radical (unpaired) electrons. The highest BCUT2D eigenvalue weighted by molar-refractivity contribution is 6.05. The number of nitrogens with zero attached hydrogens (tertiary/aromatic N) is 4. The van der Waals surface area contributed by atoms with E-state index < -0.39 is 5.97 Å². The number of carboxylic acids is 1. The third-order valence-electron chi connectivity index (χ3n) is 5.25. The molecule has 0 atom stereocenters. The number of aryl methyl sites for hydroxylation is 1. The van der Waals surface area contributed by atoms with E-state index in [9.17, 15) is 14.7 Å². The maximum absolute atomic E-state index is 12.5. The van der Waals surface area contributed by atoms with Gasteiger partial charge in [-0.15, -0.1) is 0 Å². The van der Waals surface area contributed by atoms with E-state index in [1.54, 1.807) is 42.7 Å². The highest BCUT2D eigenvalue weighted by Crippen LogP contribution is 2.26. The highest BCUT2D eigenvalue weighted by atomic mass is 16.4. The Balaban J connectivity index is 1.48. The number of anilines is 3. The van der Waals surface area contributed by atoms with E-state index >= 15 is 0 Å². The molecular formula is C23H23N5O3. The van der Waals surface area contributed by atoms with Gasteiger partial charge in [0.1, 0.15) is 0 Å². The molecule has 0 spiro atoms. The molecule has 3 aromatic rings. The summed E-state index contributed by atoms with van der Waals surface area (Å²) < 4.78 is 0. The first-order valence-electron chi connectivity index (χ1n) is 10.0. The number of benzene rings is 2. The van der Waals surface area contributed by atoms with E-state index in [2.05, 4.69) is 20.2 Å². The number of carbonyl (C=O) groups excluding carboxylic acids is 1. The van der Waals surface area contributed by atoms with Gasteiger partial charge in [-0.1, -0.05) is 17.7 Å². The van der Waals surface area contributed by atoms with Crippen LogP contribution in [0.15, 0.2) is 60.9 Å². The number of hydrogen-bond acceptors (Lipinski definition) is 6. The minimum absolute atomic E-state index is 0.158. The van der Waals surface area contributed by atoms with Crippen LogP contribution < -0.4 is 15.1 Å². The van der Waals surface area contributed by atoms with Crippen molar-refractivity contribution >= 4 is 29.2 Å². The minimum Gasteiger partial charge on any atom is -0.478 e. The Morgan fingerprint density at radius 2 is 1.58 bits per heavy atom. The Hall–Kier alpha value is -3.94. The molecule has 1 aliphatic rings. The van der Waals surface area contributed by atoms with Crippen molar-refractivity contribution in [1.82, 2.24) is 9.97 Å². The number of nitrogens with one attached hydrogen (secondary N) is 1. The average Bonchev–Trinajstić information content (AvgIpc) is 2.80. The summed E-state index contributed by atoms with van der Waals surface area (Å²) in [6, 6.07) is 14.0. The normalized spacial score (nSPS) is 13.7. The second kappa shape index (κ2) is 8.83. The van der Waals surface area contributed by atoms with Gasteiger partial charge in [0.05, 0.1) is 11.3 Å². The zero-order valence-corrected chi connectivity index (χ0v) is 17.2. The predicted molar refractivity (Wildman–Crippen MR) is 119 cm³/mol. The fourth-order valence-electron chi connectivity index (χ4n) is 3.57. The van der Waals surface area contributed by atoms with Crippen molar-refractivity contribution in [3.63, 3.8) is 0 Å². The number of aromatic carboxylic acids is 1. The molecule has 1 fully saturated rings. The molecule has 1 amide bonds. The third kappa shape index (κ3) is 4.63. The zero-order chi connectivity index (χ0) is 21.8. The molecule has 31 heavy (non-hydrogen) atoms. The van der Waals surface area contributed by atoms with Gasteiger partial charge in [-0.25, -0.2) is 14.8 Å². The molecule has 2 heterocycles. The molecule has 158 valence electrons. The Morgan fingerprint density at radius 3 is 2.23 bits per heavy atom. The van der Waals surface area contributed by atoms with Gasteiger partial charge in [-0.2, -0.15) is 0 Å². The lowest BCUT2D eigenvalue weighted by atomic mass is 10.1. The van der Waals surface area contributed by atoms with Crippen LogP contribution in [0.5, 0.6) is 0 Å². The Bertz CT molecular complexity index is 1080. The van der Waals surface area contributed by atoms with Crippen LogP contribution in [-0.4, -0.2) is 53.1 Å². The summed E-state index contributed by atoms with van der Waals surface area (Å²) >= 11 is 0. The van der Waals surface area contributed by atoms with Gasteiger partial charge >= 0.3 is 5.97 Å². The molecule has 4 rings (SSSR count). The molecule has 1 aromatic heterocycles. The van der Waals surface area contributed by atoms with Crippen LogP contribution in [0.2, 0.25) is 0 Å². The van der Waals surface area contributed by atoms with Crippen molar-refractivity contribution in [2.24, 2.45) is 0 Å². The molecule has 0 unspecified atom stereocenters. The van der Waals surface area contributed by atoms with Gasteiger partial charge < -0.3 is 20.2 Å². The molecule has 1 saturated heterocycles. The van der Waals surface area contributed by atoms with E-state index in [0.29, 0.717) is 49.1 Å². The van der Waals surface area contributed by atoms with E-state index in [4.69, 9.17) is 0 Å². The summed E-state index contributed by atoms with van der Waals surface area (Å²) in [6.07, 6.45) is 3.42. The Kier molecular flexibility index (Phi) is 5.79. The fourth-order valence-corrected chi connectivity index (χ4v) is 3.57. The van der Waals surface area contributed by atoms with Crippen LogP contribution in [-0.2, 0) is 0 Å². The first-order valence-corrected chi connectivity index (χ1v) is 10.0. The van der Waals surface area contributed by atoms with Crippen molar-refractivity contribution in [2.75, 3.05) is 41.3 Å². The standard InChI is InChI=1S/C23H23N5O3/c1-16-3-5-17(6-4-16)21(29)26-18-7-8-20(19(15-18)22(30)31)27-11-13-28(14-12-27)23-24-9-2-10-25-23/h2-10,15H,11-14H2,1H3,(H,26,29)(H,30,31). The maximum Gasteiger partial charge on any atom is 0.337 e. The topological polar surface area (TPSA) is 98.7 Å². The molecular weight excluding hydrogens is 394 g/mol. The second-order valence-electron chi connectivity index (χ2n) is 7.38. The highest BCUT2D eigenvalue weighted by Gasteiger charge is 2.23. The number of aromatic nitrogens is 2. The van der Waals surface area contributed by atoms with Crippen molar-refractivity contribution in [2.45, 2.75) is 6.92 Å². The first kappa shape index (κ1) is 20.3. The van der Waals surface area contributed by atoms with Crippen molar-refractivity contribution < 1.29 is 14.7 Å². The lowest BCUT2D eigenvalue weighted by Crippen LogP contribution is -2.47. The molecule has 0 aliphatic carbocycles. The van der Waals surface area contributed by atoms with Crippen LogP contribution in [0.25, 0.3) is 0 Å². The largest absolute Gasteiger partial charge is 0.478 e. The summed E-state index contributed by atoms with van der Waals surface area (Å²) in [7, 11) is 0. The fraction of sp³-hybridized carbons (Fsp3) is 0.217. The van der Waals surface area contributed by atoms with E-state index in [0.717, 1.165) is 5.56 Å². The SMILES string of the molecule is Cc1ccc(C(=O)Nc2ccc(N3CCN(c4ncccn4)CC3)c(C(=O)O)c2)cc1. The minimum atomic E-state index is -1.03. The first-order chi connectivity index (χ1) is 15.0. The van der Waals surface area contributed by atoms with Gasteiger partial charge in [-0.05, 0) is 43.3 Å². The number of hydrogen-bond donors (Lipinski definition) is 2. The molecule has 0 saturated carbocycles. The number of rotatable bonds is 5. The Labute approximate surface area is 180 Å². The average molecular weight is 417 g/mol. The molecule has 8 heteroatoms. The molecule has 8 nitrogen and oxygen atoms in total. The van der Waals surface area contributed by atoms with E-state index in [-0.39, 0.29) is 11.5 Å². The summed E-state index contributed by atoms with van der Waals surface area (Å²) in [5.41, 5.74) is 2.82. The van der Waals surface area contributed by atoms with Gasteiger partial charge in [-0.3, -0.25) is 4.79 Å². The monoisotopic (exact) mass is 417 g/mol. The quantitative estimate of drug-likeness (QED) is 0.658. The number of carboxylic acid groups (broad SMARTS) is 1. The van der Waals surface area contributed by atoms with Gasteiger partial charge in [0, 0.05) is 49.8 Å². The van der Waals surface area contributed by atoms with Crippen LogP contribution in [0.4, 0.5) is 17.3 Å². The number of carbonyl (C=O) groups is 2. The van der Waals surface area contributed by atoms with Crippen LogP contribution in [0, 0.1) is 6.92 Å². The zero-order valence-electron chi connectivity index (χ0n) is 17.2. The smallest absolute Gasteiger partial charge is 0.337 e. The summed E-state index contributed by atoms with van der Waals surface area (Å²) in [4.78, 5) is 37.1. The van der Waals surface area contributed by atoms with Crippen molar-refractivity contribution in [1.29, 1.82) is 0 Å². The summed E-state index contributed by atoms with van der Waals surface area (Å²) in [5.74, 6) is -0.634. The van der Waals surface area contributed by atoms with Gasteiger partial charge in [0.15, 0.2) is 0 Å². The van der Waals surface area contributed by atoms with Crippen molar-refractivity contribution in [3.05, 3.63) is 77.6 Å². The summed E-state index contributed by atoms with van der Waals surface area (Å²) in [5, 5.41) is 12.5. The van der Waals surface area contributed by atoms with Crippen LogP contribution in [0.3, 0.4) is 0 Å². The number of amides is 1.